The number of H-pyrrole nitrogens is 1. The van der Waals surface area contributed by atoms with Crippen LogP contribution in [0.1, 0.15) is 11.7 Å². The van der Waals surface area contributed by atoms with Crippen LogP contribution in [0.5, 0.6) is 0 Å². The second-order valence-corrected chi connectivity index (χ2v) is 4.55. The molecule has 0 aromatic carbocycles. The molecule has 1 unspecified atom stereocenters. The fourth-order valence-corrected chi connectivity index (χ4v) is 2.42. The minimum atomic E-state index is 0.0777. The fourth-order valence-electron chi connectivity index (χ4n) is 2.42. The van der Waals surface area contributed by atoms with Crippen LogP contribution in [0, 0.1) is 5.41 Å². The van der Waals surface area contributed by atoms with Gasteiger partial charge in [-0.15, -0.1) is 0 Å². The van der Waals surface area contributed by atoms with Crippen molar-refractivity contribution in [2.45, 2.75) is 6.04 Å². The first-order valence-corrected chi connectivity index (χ1v) is 5.27. The average Bonchev–Trinajstić information content (AvgIpc) is 2.62. The van der Waals surface area contributed by atoms with Crippen LogP contribution in [0.2, 0.25) is 0 Å². The van der Waals surface area contributed by atoms with E-state index in [4.69, 9.17) is 10.5 Å². The molecule has 15 heavy (non-hydrogen) atoms. The summed E-state index contributed by atoms with van der Waals surface area (Å²) in [6, 6.07) is 4.45. The highest BCUT2D eigenvalue weighted by Gasteiger charge is 2.46. The summed E-state index contributed by atoms with van der Waals surface area (Å²) >= 11 is 0. The lowest BCUT2D eigenvalue weighted by Crippen LogP contribution is -2.55. The number of ether oxygens (including phenoxy) is 1. The van der Waals surface area contributed by atoms with Crippen molar-refractivity contribution < 1.29 is 4.74 Å². The van der Waals surface area contributed by atoms with Crippen LogP contribution in [-0.4, -0.2) is 43.7 Å². The zero-order valence-corrected chi connectivity index (χ0v) is 9.36. The second-order valence-electron chi connectivity index (χ2n) is 4.55. The molecule has 1 aromatic rings. The fraction of sp³-hybridized carbons (Fsp3) is 0.636. The van der Waals surface area contributed by atoms with E-state index in [1.54, 1.807) is 0 Å². The van der Waals surface area contributed by atoms with Crippen molar-refractivity contribution in [3.8, 4) is 0 Å². The number of nitrogens with two attached hydrogens (primary N) is 1. The molecular weight excluding hydrogens is 190 g/mol. The summed E-state index contributed by atoms with van der Waals surface area (Å²) in [4.78, 5) is 5.48. The summed E-state index contributed by atoms with van der Waals surface area (Å²) in [7, 11) is 4.17. The molecule has 1 atom stereocenters. The average molecular weight is 209 g/mol. The first-order chi connectivity index (χ1) is 7.19. The van der Waals surface area contributed by atoms with Gasteiger partial charge >= 0.3 is 0 Å². The third kappa shape index (κ3) is 1.69. The summed E-state index contributed by atoms with van der Waals surface area (Å²) in [5.41, 5.74) is 7.19. The normalized spacial score (nSPS) is 21.3. The maximum atomic E-state index is 5.89. The molecule has 2 heterocycles. The third-order valence-electron chi connectivity index (χ3n) is 3.20. The first-order valence-electron chi connectivity index (χ1n) is 5.27. The Bertz CT molecular complexity index is 298. The van der Waals surface area contributed by atoms with Crippen LogP contribution in [0.4, 0.5) is 0 Å². The summed E-state index contributed by atoms with van der Waals surface area (Å²) in [6.07, 6.45) is 1.95. The number of aromatic nitrogens is 1. The van der Waals surface area contributed by atoms with Crippen LogP contribution in [0.15, 0.2) is 18.3 Å². The van der Waals surface area contributed by atoms with Crippen LogP contribution in [-0.2, 0) is 4.74 Å². The molecule has 4 heteroatoms. The van der Waals surface area contributed by atoms with E-state index in [2.05, 4.69) is 30.0 Å². The number of rotatable bonds is 4. The van der Waals surface area contributed by atoms with E-state index in [-0.39, 0.29) is 5.41 Å². The van der Waals surface area contributed by atoms with Gasteiger partial charge in [-0.1, -0.05) is 0 Å². The van der Waals surface area contributed by atoms with E-state index < -0.39 is 0 Å². The standard InChI is InChI=1S/C11H19N3O/c1-14(2)10(9-4-3-5-13-9)11(6-12)7-15-8-11/h3-5,10,13H,6-8,12H2,1-2H3. The monoisotopic (exact) mass is 209 g/mol. The number of nitrogens with zero attached hydrogens (tertiary/aromatic N) is 1. The van der Waals surface area contributed by atoms with Crippen molar-refractivity contribution in [1.29, 1.82) is 0 Å². The predicted molar refractivity (Wildman–Crippen MR) is 59.5 cm³/mol. The van der Waals surface area contributed by atoms with Crippen LogP contribution >= 0.6 is 0 Å². The summed E-state index contributed by atoms with van der Waals surface area (Å²) < 4.78 is 5.34. The zero-order chi connectivity index (χ0) is 10.9. The Balaban J connectivity index is 2.27. The molecule has 1 fully saturated rings. The van der Waals surface area contributed by atoms with Gasteiger partial charge in [0.15, 0.2) is 0 Å². The lowest BCUT2D eigenvalue weighted by Gasteiger charge is -2.48. The van der Waals surface area contributed by atoms with Crippen molar-refractivity contribution in [3.05, 3.63) is 24.0 Å². The van der Waals surface area contributed by atoms with Crippen LogP contribution < -0.4 is 5.73 Å². The minimum absolute atomic E-state index is 0.0777. The van der Waals surface area contributed by atoms with Gasteiger partial charge < -0.3 is 20.4 Å². The van der Waals surface area contributed by atoms with Crippen molar-refractivity contribution in [3.63, 3.8) is 0 Å². The molecule has 0 amide bonds. The molecular formula is C11H19N3O. The van der Waals surface area contributed by atoms with E-state index in [1.807, 2.05) is 12.3 Å². The smallest absolute Gasteiger partial charge is 0.0606 e. The van der Waals surface area contributed by atoms with Crippen molar-refractivity contribution >= 4 is 0 Å². The Labute approximate surface area is 90.4 Å². The van der Waals surface area contributed by atoms with Gasteiger partial charge in [-0.05, 0) is 26.2 Å². The van der Waals surface area contributed by atoms with Crippen molar-refractivity contribution in [2.24, 2.45) is 11.1 Å². The van der Waals surface area contributed by atoms with Crippen LogP contribution in [0.3, 0.4) is 0 Å². The molecule has 4 nitrogen and oxygen atoms in total. The Kier molecular flexibility index (Phi) is 2.82. The number of aromatic amines is 1. The SMILES string of the molecule is CN(C)C(c1ccc[nH]1)C1(CN)COC1. The molecule has 0 bridgehead atoms. The second kappa shape index (κ2) is 3.96. The molecule has 1 aliphatic heterocycles. The lowest BCUT2D eigenvalue weighted by molar-refractivity contribution is -0.146. The minimum Gasteiger partial charge on any atom is -0.380 e. The molecule has 0 saturated carbocycles. The number of hydrogen-bond acceptors (Lipinski definition) is 3. The summed E-state index contributed by atoms with van der Waals surface area (Å²) in [5, 5.41) is 0. The largest absolute Gasteiger partial charge is 0.380 e. The Morgan fingerprint density at radius 2 is 2.33 bits per heavy atom. The summed E-state index contributed by atoms with van der Waals surface area (Å²) in [5.74, 6) is 0. The first kappa shape index (κ1) is 10.7. The third-order valence-corrected chi connectivity index (χ3v) is 3.20. The van der Waals surface area contributed by atoms with E-state index in [9.17, 15) is 0 Å². The molecule has 3 N–H and O–H groups in total. The molecule has 0 radical (unpaired) electrons. The van der Waals surface area contributed by atoms with Gasteiger partial charge in [0.2, 0.25) is 0 Å². The molecule has 0 aliphatic carbocycles. The number of hydrogen-bond donors (Lipinski definition) is 2. The van der Waals surface area contributed by atoms with Crippen LogP contribution in [0.25, 0.3) is 0 Å². The van der Waals surface area contributed by atoms with Gasteiger partial charge in [0.05, 0.1) is 24.7 Å². The van der Waals surface area contributed by atoms with E-state index in [0.717, 1.165) is 13.2 Å². The molecule has 0 spiro atoms. The van der Waals surface area contributed by atoms with Gasteiger partial charge in [0, 0.05) is 18.4 Å². The van der Waals surface area contributed by atoms with E-state index in [1.165, 1.54) is 5.69 Å². The summed E-state index contributed by atoms with van der Waals surface area (Å²) in [6.45, 7) is 2.17. The van der Waals surface area contributed by atoms with Crippen molar-refractivity contribution in [1.82, 2.24) is 9.88 Å². The highest BCUT2D eigenvalue weighted by Crippen LogP contribution is 2.41. The highest BCUT2D eigenvalue weighted by molar-refractivity contribution is 5.15. The zero-order valence-electron chi connectivity index (χ0n) is 9.36. The quantitative estimate of drug-likeness (QED) is 0.763. The van der Waals surface area contributed by atoms with Gasteiger partial charge in [-0.3, -0.25) is 0 Å². The Hall–Kier alpha value is -0.840. The molecule has 1 aliphatic rings. The Morgan fingerprint density at radius 3 is 2.67 bits per heavy atom. The molecule has 84 valence electrons. The van der Waals surface area contributed by atoms with Crippen molar-refractivity contribution in [2.75, 3.05) is 33.9 Å². The number of nitrogens with one attached hydrogen (secondary N) is 1. The molecule has 2 rings (SSSR count). The van der Waals surface area contributed by atoms with Gasteiger partial charge in [0.25, 0.3) is 0 Å². The van der Waals surface area contributed by atoms with E-state index >= 15 is 0 Å². The molecule has 1 saturated heterocycles. The lowest BCUT2D eigenvalue weighted by atomic mass is 9.76. The Morgan fingerprint density at radius 1 is 1.60 bits per heavy atom. The van der Waals surface area contributed by atoms with Gasteiger partial charge in [0.1, 0.15) is 0 Å². The van der Waals surface area contributed by atoms with E-state index in [0.29, 0.717) is 12.6 Å². The molecule has 1 aromatic heterocycles. The van der Waals surface area contributed by atoms with Gasteiger partial charge in [-0.25, -0.2) is 0 Å². The van der Waals surface area contributed by atoms with Gasteiger partial charge in [-0.2, -0.15) is 0 Å². The highest BCUT2D eigenvalue weighted by atomic mass is 16.5. The maximum Gasteiger partial charge on any atom is 0.0606 e. The maximum absolute atomic E-state index is 5.89. The topological polar surface area (TPSA) is 54.3 Å². The predicted octanol–water partition coefficient (Wildman–Crippen LogP) is 0.593.